The Morgan fingerprint density at radius 3 is 2.55 bits per heavy atom. The van der Waals surface area contributed by atoms with Crippen LogP contribution in [0.2, 0.25) is 0 Å². The van der Waals surface area contributed by atoms with E-state index in [1.54, 1.807) is 0 Å². The van der Waals surface area contributed by atoms with Crippen LogP contribution in [0.25, 0.3) is 0 Å². The van der Waals surface area contributed by atoms with Gasteiger partial charge in [0.1, 0.15) is 0 Å². The first-order valence-electron chi connectivity index (χ1n) is 8.24. The summed E-state index contributed by atoms with van der Waals surface area (Å²) in [6.45, 7) is 10.4. The second kappa shape index (κ2) is 7.41. The predicted molar refractivity (Wildman–Crippen MR) is 80.8 cm³/mol. The van der Waals surface area contributed by atoms with Crippen LogP contribution in [-0.2, 0) is 4.79 Å². The number of piperidine rings is 1. The molecule has 1 N–H and O–H groups in total. The topological polar surface area (TPSA) is 43.8 Å². The largest absolute Gasteiger partial charge is 0.481 e. The Morgan fingerprint density at radius 1 is 1.25 bits per heavy atom. The third-order valence-electron chi connectivity index (χ3n) is 4.74. The van der Waals surface area contributed by atoms with Gasteiger partial charge in [-0.25, -0.2) is 0 Å². The highest BCUT2D eigenvalue weighted by Crippen LogP contribution is 2.29. The molecule has 0 saturated carbocycles. The van der Waals surface area contributed by atoms with E-state index in [4.69, 9.17) is 5.11 Å². The Bertz CT molecular complexity index is 314. The second-order valence-electron chi connectivity index (χ2n) is 6.95. The fraction of sp³-hybridized carbons (Fsp3) is 0.938. The van der Waals surface area contributed by atoms with Crippen molar-refractivity contribution in [2.24, 2.45) is 11.8 Å². The number of rotatable bonds is 6. The lowest BCUT2D eigenvalue weighted by Gasteiger charge is -2.43. The Morgan fingerprint density at radius 2 is 1.95 bits per heavy atom. The number of aliphatic carboxylic acids is 1. The zero-order valence-corrected chi connectivity index (χ0v) is 13.1. The quantitative estimate of drug-likeness (QED) is 0.812. The molecular weight excluding hydrogens is 252 g/mol. The third-order valence-corrected chi connectivity index (χ3v) is 4.74. The summed E-state index contributed by atoms with van der Waals surface area (Å²) in [7, 11) is 0. The Labute approximate surface area is 123 Å². The Balaban J connectivity index is 1.93. The fourth-order valence-electron chi connectivity index (χ4n) is 3.92. The van der Waals surface area contributed by atoms with Crippen molar-refractivity contribution < 1.29 is 9.90 Å². The van der Waals surface area contributed by atoms with Crippen LogP contribution in [0.15, 0.2) is 0 Å². The molecule has 0 amide bonds. The van der Waals surface area contributed by atoms with Crippen LogP contribution in [0.4, 0.5) is 0 Å². The van der Waals surface area contributed by atoms with Crippen molar-refractivity contribution in [2.75, 3.05) is 32.7 Å². The zero-order chi connectivity index (χ0) is 14.5. The summed E-state index contributed by atoms with van der Waals surface area (Å²) >= 11 is 0. The zero-order valence-electron chi connectivity index (χ0n) is 13.1. The monoisotopic (exact) mass is 282 g/mol. The molecule has 2 rings (SSSR count). The number of carboxylic acids is 1. The molecule has 4 heteroatoms. The molecule has 2 saturated heterocycles. The van der Waals surface area contributed by atoms with Crippen molar-refractivity contribution in [2.45, 2.75) is 52.0 Å². The normalized spacial score (nSPS) is 29.1. The van der Waals surface area contributed by atoms with E-state index in [1.165, 1.54) is 38.9 Å². The molecule has 0 aliphatic carbocycles. The summed E-state index contributed by atoms with van der Waals surface area (Å²) in [4.78, 5) is 16.1. The first kappa shape index (κ1) is 15.8. The average Bonchev–Trinajstić information content (AvgIpc) is 2.89. The molecule has 0 aromatic carbocycles. The molecule has 0 spiro atoms. The minimum Gasteiger partial charge on any atom is -0.481 e. The van der Waals surface area contributed by atoms with E-state index in [1.807, 2.05) is 0 Å². The lowest BCUT2D eigenvalue weighted by atomic mass is 9.87. The van der Waals surface area contributed by atoms with Crippen LogP contribution < -0.4 is 0 Å². The maximum atomic E-state index is 10.9. The molecule has 2 atom stereocenters. The van der Waals surface area contributed by atoms with E-state index >= 15 is 0 Å². The van der Waals surface area contributed by atoms with E-state index in [2.05, 4.69) is 23.6 Å². The van der Waals surface area contributed by atoms with Gasteiger partial charge in [-0.05, 0) is 57.2 Å². The maximum absolute atomic E-state index is 10.9. The van der Waals surface area contributed by atoms with Crippen LogP contribution in [0.3, 0.4) is 0 Å². The first-order valence-corrected chi connectivity index (χ1v) is 8.24. The number of hydrogen-bond acceptors (Lipinski definition) is 3. The van der Waals surface area contributed by atoms with Gasteiger partial charge in [0.05, 0.1) is 0 Å². The third kappa shape index (κ3) is 4.45. The summed E-state index contributed by atoms with van der Waals surface area (Å²) in [5, 5.41) is 8.98. The van der Waals surface area contributed by atoms with E-state index in [0.717, 1.165) is 19.5 Å². The highest BCUT2D eigenvalue weighted by molar-refractivity contribution is 5.66. The smallest absolute Gasteiger partial charge is 0.303 e. The average molecular weight is 282 g/mol. The fourth-order valence-corrected chi connectivity index (χ4v) is 3.92. The molecular formula is C16H30N2O2. The molecule has 0 unspecified atom stereocenters. The van der Waals surface area contributed by atoms with Crippen molar-refractivity contribution in [1.82, 2.24) is 9.80 Å². The summed E-state index contributed by atoms with van der Waals surface area (Å²) in [6.07, 6.45) is 5.02. The summed E-state index contributed by atoms with van der Waals surface area (Å²) in [5.74, 6) is 0.585. The summed E-state index contributed by atoms with van der Waals surface area (Å²) in [6, 6.07) is 0.625. The molecule has 2 fully saturated rings. The van der Waals surface area contributed by atoms with Crippen LogP contribution in [0.1, 0.15) is 46.0 Å². The van der Waals surface area contributed by atoms with Gasteiger partial charge in [0.15, 0.2) is 0 Å². The molecule has 0 bridgehead atoms. The van der Waals surface area contributed by atoms with Gasteiger partial charge in [-0.2, -0.15) is 0 Å². The standard InChI is InChI=1S/C16H30N2O2/c1-13(2)11-17-10-7-15(18-8-3-4-9-18)14(12-17)5-6-16(19)20/h13-15H,3-12H2,1-2H3,(H,19,20)/t14-,15+/m0/s1. The van der Waals surface area contributed by atoms with E-state index in [-0.39, 0.29) is 0 Å². The van der Waals surface area contributed by atoms with E-state index in [0.29, 0.717) is 24.3 Å². The van der Waals surface area contributed by atoms with Crippen molar-refractivity contribution in [3.8, 4) is 0 Å². The number of carboxylic acid groups (broad SMARTS) is 1. The lowest BCUT2D eigenvalue weighted by Crippen LogP contribution is -2.51. The summed E-state index contributed by atoms with van der Waals surface area (Å²) < 4.78 is 0. The number of nitrogens with zero attached hydrogens (tertiary/aromatic N) is 2. The predicted octanol–water partition coefficient (Wildman–Crippen LogP) is 2.29. The molecule has 116 valence electrons. The Hall–Kier alpha value is -0.610. The SMILES string of the molecule is CC(C)CN1CC[C@@H](N2CCCC2)[C@@H](CCC(=O)O)C1. The maximum Gasteiger partial charge on any atom is 0.303 e. The highest BCUT2D eigenvalue weighted by atomic mass is 16.4. The van der Waals surface area contributed by atoms with Crippen LogP contribution in [-0.4, -0.2) is 59.6 Å². The van der Waals surface area contributed by atoms with Gasteiger partial charge in [-0.1, -0.05) is 13.8 Å². The minimum atomic E-state index is -0.647. The van der Waals surface area contributed by atoms with Gasteiger partial charge in [-0.3, -0.25) is 4.79 Å². The van der Waals surface area contributed by atoms with Crippen molar-refractivity contribution in [1.29, 1.82) is 0 Å². The van der Waals surface area contributed by atoms with Crippen LogP contribution in [0.5, 0.6) is 0 Å². The molecule has 0 aromatic heterocycles. The van der Waals surface area contributed by atoms with E-state index in [9.17, 15) is 4.79 Å². The van der Waals surface area contributed by atoms with Gasteiger partial charge in [0.25, 0.3) is 0 Å². The molecule has 0 aromatic rings. The van der Waals surface area contributed by atoms with Crippen molar-refractivity contribution in [3.05, 3.63) is 0 Å². The van der Waals surface area contributed by atoms with Gasteiger partial charge >= 0.3 is 5.97 Å². The molecule has 4 nitrogen and oxygen atoms in total. The molecule has 2 aliphatic rings. The molecule has 20 heavy (non-hydrogen) atoms. The van der Waals surface area contributed by atoms with Gasteiger partial charge in [0, 0.05) is 25.6 Å². The van der Waals surface area contributed by atoms with Crippen molar-refractivity contribution >= 4 is 5.97 Å². The number of likely N-dealkylation sites (tertiary alicyclic amines) is 2. The molecule has 2 aliphatic heterocycles. The summed E-state index contributed by atoms with van der Waals surface area (Å²) in [5.41, 5.74) is 0. The minimum absolute atomic E-state index is 0.324. The van der Waals surface area contributed by atoms with Gasteiger partial charge < -0.3 is 14.9 Å². The first-order chi connectivity index (χ1) is 9.56. The van der Waals surface area contributed by atoms with Gasteiger partial charge in [-0.15, -0.1) is 0 Å². The van der Waals surface area contributed by atoms with Gasteiger partial charge in [0.2, 0.25) is 0 Å². The number of hydrogen-bond donors (Lipinski definition) is 1. The lowest BCUT2D eigenvalue weighted by molar-refractivity contribution is -0.137. The highest BCUT2D eigenvalue weighted by Gasteiger charge is 2.34. The molecule has 0 radical (unpaired) electrons. The van der Waals surface area contributed by atoms with Crippen LogP contribution in [0, 0.1) is 11.8 Å². The van der Waals surface area contributed by atoms with Crippen LogP contribution >= 0.6 is 0 Å². The number of carbonyl (C=O) groups is 1. The Kier molecular flexibility index (Phi) is 5.85. The molecule has 2 heterocycles. The van der Waals surface area contributed by atoms with E-state index < -0.39 is 5.97 Å². The van der Waals surface area contributed by atoms with Crippen molar-refractivity contribution in [3.63, 3.8) is 0 Å². The second-order valence-corrected chi connectivity index (χ2v) is 6.95.